The highest BCUT2D eigenvalue weighted by molar-refractivity contribution is 5.80. The molecule has 0 bridgehead atoms. The van der Waals surface area contributed by atoms with Gasteiger partial charge < -0.3 is 20.3 Å². The highest BCUT2D eigenvalue weighted by Crippen LogP contribution is 2.44. The molecule has 0 radical (unpaired) electrons. The van der Waals surface area contributed by atoms with Crippen molar-refractivity contribution in [3.63, 3.8) is 0 Å². The number of rotatable bonds is 7. The van der Waals surface area contributed by atoms with Crippen LogP contribution in [0.2, 0.25) is 0 Å². The smallest absolute Gasteiger partial charge is 0.407 e. The van der Waals surface area contributed by atoms with Gasteiger partial charge in [0, 0.05) is 23.5 Å². The second-order valence-corrected chi connectivity index (χ2v) is 8.96. The Balaban J connectivity index is 1.13. The van der Waals surface area contributed by atoms with Gasteiger partial charge >= 0.3 is 6.09 Å². The molecule has 35 heavy (non-hydrogen) atoms. The maximum Gasteiger partial charge on any atom is 0.407 e. The predicted molar refractivity (Wildman–Crippen MR) is 135 cm³/mol. The van der Waals surface area contributed by atoms with Gasteiger partial charge in [-0.05, 0) is 59.4 Å². The first-order valence-electron chi connectivity index (χ1n) is 11.8. The monoisotopic (exact) mass is 468 g/mol. The maximum atomic E-state index is 12.3. The van der Waals surface area contributed by atoms with Gasteiger partial charge in [0.15, 0.2) is 0 Å². The van der Waals surface area contributed by atoms with E-state index in [2.05, 4.69) is 34.6 Å². The average molecular weight is 469 g/mol. The summed E-state index contributed by atoms with van der Waals surface area (Å²) in [5.74, 6) is -0.00765. The zero-order valence-electron chi connectivity index (χ0n) is 19.5. The molecule has 2 atom stereocenters. The van der Waals surface area contributed by atoms with Crippen molar-refractivity contribution in [1.29, 1.82) is 0 Å². The number of hydrogen-bond acceptors (Lipinski definition) is 5. The summed E-state index contributed by atoms with van der Waals surface area (Å²) in [4.78, 5) is 16.8. The lowest BCUT2D eigenvalue weighted by Gasteiger charge is -2.19. The normalized spacial score (nSPS) is 14.3. The highest BCUT2D eigenvalue weighted by Gasteiger charge is 2.29. The lowest BCUT2D eigenvalue weighted by molar-refractivity contribution is 0.0137. The summed E-state index contributed by atoms with van der Waals surface area (Å²) in [5, 5.41) is 24.6. The minimum atomic E-state index is -1.06. The Bertz CT molecular complexity index is 1320. The summed E-state index contributed by atoms with van der Waals surface area (Å²) in [6, 6.07) is 25.6. The van der Waals surface area contributed by atoms with Gasteiger partial charge in [0.1, 0.15) is 12.7 Å². The molecule has 4 aromatic rings. The van der Waals surface area contributed by atoms with Crippen LogP contribution in [0.5, 0.6) is 0 Å². The molecule has 6 nitrogen and oxygen atoms in total. The lowest BCUT2D eigenvalue weighted by atomic mass is 9.98. The number of benzene rings is 3. The van der Waals surface area contributed by atoms with Crippen molar-refractivity contribution in [3.8, 4) is 11.1 Å². The van der Waals surface area contributed by atoms with Crippen molar-refractivity contribution < 1.29 is 19.7 Å². The number of nitrogens with one attached hydrogen (secondary N) is 1. The van der Waals surface area contributed by atoms with E-state index in [1.807, 2.05) is 55.5 Å². The van der Waals surface area contributed by atoms with E-state index >= 15 is 0 Å². The molecule has 1 amide bonds. The summed E-state index contributed by atoms with van der Waals surface area (Å²) in [7, 11) is 0. The Morgan fingerprint density at radius 2 is 1.66 bits per heavy atom. The topological polar surface area (TPSA) is 91.7 Å². The number of alkyl carbamates (subject to hydrolysis) is 1. The van der Waals surface area contributed by atoms with Gasteiger partial charge in [-0.1, -0.05) is 60.7 Å². The highest BCUT2D eigenvalue weighted by atomic mass is 16.5. The van der Waals surface area contributed by atoms with Crippen LogP contribution in [0.25, 0.3) is 22.0 Å². The second kappa shape index (κ2) is 9.86. The van der Waals surface area contributed by atoms with Crippen LogP contribution in [0.1, 0.15) is 40.8 Å². The molecule has 0 spiro atoms. The van der Waals surface area contributed by atoms with Crippen LogP contribution < -0.4 is 5.32 Å². The van der Waals surface area contributed by atoms with E-state index in [-0.39, 0.29) is 25.5 Å². The SMILES string of the molecule is Cc1ccc2cc(C(O)C(O)CCNC(=O)OCC3c4ccccc4-c4ccccc43)ccc2n1. The minimum Gasteiger partial charge on any atom is -0.449 e. The van der Waals surface area contributed by atoms with Crippen LogP contribution in [-0.4, -0.2) is 40.5 Å². The molecule has 3 aromatic carbocycles. The molecule has 3 N–H and O–H groups in total. The van der Waals surface area contributed by atoms with Crippen LogP contribution in [0.3, 0.4) is 0 Å². The first-order chi connectivity index (χ1) is 17.0. The van der Waals surface area contributed by atoms with Gasteiger partial charge in [0.05, 0.1) is 11.6 Å². The van der Waals surface area contributed by atoms with Crippen LogP contribution in [0, 0.1) is 6.92 Å². The van der Waals surface area contributed by atoms with Crippen molar-refractivity contribution in [2.75, 3.05) is 13.2 Å². The number of pyridine rings is 1. The molecule has 0 saturated carbocycles. The third-order valence-corrected chi connectivity index (χ3v) is 6.61. The van der Waals surface area contributed by atoms with E-state index in [0.717, 1.165) is 27.7 Å². The number of aromatic nitrogens is 1. The number of aliphatic hydroxyl groups excluding tert-OH is 2. The molecule has 2 unspecified atom stereocenters. The van der Waals surface area contributed by atoms with Crippen LogP contribution >= 0.6 is 0 Å². The number of carbonyl (C=O) groups excluding carboxylic acids is 1. The fourth-order valence-corrected chi connectivity index (χ4v) is 4.78. The van der Waals surface area contributed by atoms with Crippen molar-refractivity contribution in [2.24, 2.45) is 0 Å². The molecular formula is C29H28N2O4. The fourth-order valence-electron chi connectivity index (χ4n) is 4.78. The Morgan fingerprint density at radius 1 is 0.971 bits per heavy atom. The fraction of sp³-hybridized carbons (Fsp3) is 0.241. The largest absolute Gasteiger partial charge is 0.449 e. The first kappa shape index (κ1) is 23.0. The second-order valence-electron chi connectivity index (χ2n) is 8.96. The van der Waals surface area contributed by atoms with Crippen molar-refractivity contribution in [1.82, 2.24) is 10.3 Å². The number of aryl methyl sites for hydroxylation is 1. The van der Waals surface area contributed by atoms with E-state index in [0.29, 0.717) is 5.56 Å². The molecular weight excluding hydrogens is 440 g/mol. The molecule has 1 aromatic heterocycles. The number of nitrogens with zero attached hydrogens (tertiary/aromatic N) is 1. The third-order valence-electron chi connectivity index (χ3n) is 6.61. The Kier molecular flexibility index (Phi) is 6.49. The number of fused-ring (bicyclic) bond motifs is 4. The minimum absolute atomic E-state index is 0.00765. The number of hydrogen-bond donors (Lipinski definition) is 3. The lowest BCUT2D eigenvalue weighted by Crippen LogP contribution is -2.30. The summed E-state index contributed by atoms with van der Waals surface area (Å²) >= 11 is 0. The van der Waals surface area contributed by atoms with Gasteiger partial charge in [-0.25, -0.2) is 4.79 Å². The van der Waals surface area contributed by atoms with E-state index in [4.69, 9.17) is 4.74 Å². The number of carbonyl (C=O) groups is 1. The Labute approximate surface area is 204 Å². The maximum absolute atomic E-state index is 12.3. The first-order valence-corrected chi connectivity index (χ1v) is 11.8. The van der Waals surface area contributed by atoms with Gasteiger partial charge in [-0.2, -0.15) is 0 Å². The summed E-state index contributed by atoms with van der Waals surface area (Å²) in [5.41, 5.74) is 7.03. The van der Waals surface area contributed by atoms with Gasteiger partial charge in [-0.15, -0.1) is 0 Å². The van der Waals surface area contributed by atoms with Gasteiger partial charge in [0.2, 0.25) is 0 Å². The van der Waals surface area contributed by atoms with E-state index < -0.39 is 18.3 Å². The standard InChI is InChI=1S/C29H28N2O4/c1-18-10-11-19-16-20(12-13-26(19)31-18)28(33)27(32)14-15-30-29(34)35-17-25-23-8-4-2-6-21(23)22-7-3-5-9-24(22)25/h2-13,16,25,27-28,32-33H,14-15,17H2,1H3,(H,30,34). The predicted octanol–water partition coefficient (Wildman–Crippen LogP) is 4.87. The molecule has 1 aliphatic carbocycles. The van der Waals surface area contributed by atoms with E-state index in [9.17, 15) is 15.0 Å². The molecule has 0 aliphatic heterocycles. The zero-order chi connectivity index (χ0) is 24.4. The molecule has 178 valence electrons. The molecule has 0 fully saturated rings. The number of ether oxygens (including phenoxy) is 1. The number of amides is 1. The van der Waals surface area contributed by atoms with Gasteiger partial charge in [0.25, 0.3) is 0 Å². The molecule has 6 heteroatoms. The molecule has 5 rings (SSSR count). The number of aliphatic hydroxyl groups is 2. The van der Waals surface area contributed by atoms with E-state index in [1.165, 1.54) is 11.1 Å². The molecule has 0 saturated heterocycles. The summed E-state index contributed by atoms with van der Waals surface area (Å²) in [6.07, 6.45) is -2.44. The third kappa shape index (κ3) is 4.76. The Hall–Kier alpha value is -3.74. The molecule has 1 aliphatic rings. The van der Waals surface area contributed by atoms with Gasteiger partial charge in [-0.3, -0.25) is 4.98 Å². The van der Waals surface area contributed by atoms with Crippen LogP contribution in [-0.2, 0) is 4.74 Å². The van der Waals surface area contributed by atoms with E-state index in [1.54, 1.807) is 6.07 Å². The summed E-state index contributed by atoms with van der Waals surface area (Å²) in [6.45, 7) is 2.34. The average Bonchev–Trinajstić information content (AvgIpc) is 3.20. The van der Waals surface area contributed by atoms with Crippen LogP contribution in [0.4, 0.5) is 4.79 Å². The van der Waals surface area contributed by atoms with Crippen molar-refractivity contribution in [3.05, 3.63) is 101 Å². The van der Waals surface area contributed by atoms with Crippen molar-refractivity contribution >= 4 is 17.0 Å². The van der Waals surface area contributed by atoms with Crippen molar-refractivity contribution in [2.45, 2.75) is 31.5 Å². The quantitative estimate of drug-likeness (QED) is 0.360. The summed E-state index contributed by atoms with van der Waals surface area (Å²) < 4.78 is 5.52. The van der Waals surface area contributed by atoms with Crippen LogP contribution in [0.15, 0.2) is 78.9 Å². The Morgan fingerprint density at radius 3 is 2.37 bits per heavy atom. The zero-order valence-corrected chi connectivity index (χ0v) is 19.5. The molecule has 1 heterocycles.